The summed E-state index contributed by atoms with van der Waals surface area (Å²) in [7, 11) is 2.26. The summed E-state index contributed by atoms with van der Waals surface area (Å²) in [4.78, 5) is 0. The number of phenolic OH excluding ortho intramolecular Hbond substituents is 1. The average molecular weight is 267 g/mol. The van der Waals surface area contributed by atoms with Crippen LogP contribution in [0, 0.1) is 0 Å². The van der Waals surface area contributed by atoms with E-state index >= 15 is 0 Å². The van der Waals surface area contributed by atoms with Crippen molar-refractivity contribution in [3.63, 3.8) is 0 Å². The van der Waals surface area contributed by atoms with E-state index in [-0.39, 0.29) is 5.75 Å². The van der Waals surface area contributed by atoms with E-state index < -0.39 is 0 Å². The van der Waals surface area contributed by atoms with Crippen LogP contribution in [0.15, 0.2) is 18.2 Å². The van der Waals surface area contributed by atoms with Gasteiger partial charge in [0, 0.05) is 12.5 Å². The maximum atomic E-state index is 9.39. The second-order valence-corrected chi connectivity index (χ2v) is 5.33. The lowest BCUT2D eigenvalue weighted by Gasteiger charge is -2.37. The van der Waals surface area contributed by atoms with E-state index in [4.69, 9.17) is 15.2 Å². The molecule has 1 fully saturated rings. The van der Waals surface area contributed by atoms with E-state index in [1.54, 1.807) is 18.2 Å². The second-order valence-electron chi connectivity index (χ2n) is 5.33. The first-order valence-electron chi connectivity index (χ1n) is 6.72. The summed E-state index contributed by atoms with van der Waals surface area (Å²) >= 11 is 0. The summed E-state index contributed by atoms with van der Waals surface area (Å²) < 4.78 is 12.0. The molecule has 0 atom stereocenters. The van der Waals surface area contributed by atoms with Crippen LogP contribution in [0.25, 0.3) is 0 Å². The lowest BCUT2D eigenvalue weighted by atomic mass is 10.2. The molecule has 2 rings (SSSR count). The van der Waals surface area contributed by atoms with Gasteiger partial charge >= 0.3 is 0 Å². The van der Waals surface area contributed by atoms with Gasteiger partial charge in [-0.3, -0.25) is 0 Å². The highest BCUT2D eigenvalue weighted by atomic mass is 16.5. The lowest BCUT2D eigenvalue weighted by Crippen LogP contribution is -2.52. The molecule has 0 aromatic heterocycles. The van der Waals surface area contributed by atoms with E-state index in [1.165, 1.54) is 0 Å². The van der Waals surface area contributed by atoms with Crippen molar-refractivity contribution in [2.75, 3.05) is 52.2 Å². The number of anilines is 1. The average Bonchev–Trinajstić information content (AvgIpc) is 2.39. The van der Waals surface area contributed by atoms with Crippen LogP contribution in [0.3, 0.4) is 0 Å². The number of nitrogens with zero attached hydrogens (tertiary/aromatic N) is 1. The van der Waals surface area contributed by atoms with Crippen molar-refractivity contribution in [3.05, 3.63) is 18.2 Å². The van der Waals surface area contributed by atoms with Crippen LogP contribution in [0.5, 0.6) is 11.5 Å². The minimum Gasteiger partial charge on any atom is -0.508 e. The normalized spacial score (nSPS) is 18.2. The third kappa shape index (κ3) is 4.01. The number of likely N-dealkylation sites (N-methyl/N-ethyl adjacent to an activating group) is 1. The summed E-state index contributed by atoms with van der Waals surface area (Å²) in [5, 5.41) is 9.39. The van der Waals surface area contributed by atoms with Crippen LogP contribution < -0.4 is 10.5 Å². The fraction of sp³-hybridized carbons (Fsp3) is 0.571. The smallest absolute Gasteiger partial charge is 0.145 e. The van der Waals surface area contributed by atoms with Gasteiger partial charge in [-0.2, -0.15) is 0 Å². The van der Waals surface area contributed by atoms with Crippen molar-refractivity contribution >= 4 is 5.69 Å². The van der Waals surface area contributed by atoms with Gasteiger partial charge in [0.2, 0.25) is 0 Å². The number of hydrogen-bond acceptors (Lipinski definition) is 4. The van der Waals surface area contributed by atoms with Crippen LogP contribution in [-0.2, 0) is 4.74 Å². The first kappa shape index (κ1) is 14.0. The number of nitrogen functional groups attached to an aromatic ring is 1. The van der Waals surface area contributed by atoms with Gasteiger partial charge < -0.3 is 24.8 Å². The number of quaternary nitrogens is 1. The molecule has 0 radical (unpaired) electrons. The van der Waals surface area contributed by atoms with Crippen molar-refractivity contribution in [1.82, 2.24) is 0 Å². The zero-order valence-electron chi connectivity index (χ0n) is 11.5. The van der Waals surface area contributed by atoms with Crippen LogP contribution in [0.4, 0.5) is 5.69 Å². The molecule has 3 N–H and O–H groups in total. The highest BCUT2D eigenvalue weighted by molar-refractivity contribution is 5.55. The molecule has 0 saturated carbocycles. The van der Waals surface area contributed by atoms with Crippen molar-refractivity contribution < 1.29 is 19.1 Å². The Morgan fingerprint density at radius 2 is 2.11 bits per heavy atom. The minimum atomic E-state index is 0.177. The Labute approximate surface area is 114 Å². The molecular formula is C14H23N2O3+. The van der Waals surface area contributed by atoms with Crippen molar-refractivity contribution in [3.8, 4) is 11.5 Å². The predicted octanol–water partition coefficient (Wildman–Crippen LogP) is 1.22. The molecule has 0 aliphatic carbocycles. The molecular weight excluding hydrogens is 244 g/mol. The van der Waals surface area contributed by atoms with Gasteiger partial charge in [-0.1, -0.05) is 0 Å². The lowest BCUT2D eigenvalue weighted by molar-refractivity contribution is -0.917. The van der Waals surface area contributed by atoms with Gasteiger partial charge in [0.15, 0.2) is 0 Å². The number of nitrogens with two attached hydrogens (primary N) is 1. The third-order valence-electron chi connectivity index (χ3n) is 3.65. The highest BCUT2D eigenvalue weighted by Gasteiger charge is 2.24. The Kier molecular flexibility index (Phi) is 4.50. The number of morpholine rings is 1. The first-order valence-corrected chi connectivity index (χ1v) is 6.72. The van der Waals surface area contributed by atoms with Crippen LogP contribution in [0.1, 0.15) is 6.42 Å². The van der Waals surface area contributed by atoms with Crippen molar-refractivity contribution in [2.45, 2.75) is 6.42 Å². The zero-order chi connectivity index (χ0) is 13.7. The minimum absolute atomic E-state index is 0.177. The third-order valence-corrected chi connectivity index (χ3v) is 3.65. The number of phenols is 1. The van der Waals surface area contributed by atoms with Crippen molar-refractivity contribution in [2.24, 2.45) is 0 Å². The molecule has 1 aliphatic rings. The molecule has 1 saturated heterocycles. The molecule has 106 valence electrons. The highest BCUT2D eigenvalue weighted by Crippen LogP contribution is 2.26. The van der Waals surface area contributed by atoms with Crippen LogP contribution in [-0.4, -0.2) is 56.1 Å². The first-order chi connectivity index (χ1) is 9.09. The SMILES string of the molecule is C[N+]1(CCCOc2cc(O)ccc2N)CCOCC1. The van der Waals surface area contributed by atoms with Gasteiger partial charge in [-0.15, -0.1) is 0 Å². The summed E-state index contributed by atoms with van der Waals surface area (Å²) in [6.45, 7) is 5.50. The summed E-state index contributed by atoms with van der Waals surface area (Å²) in [5.74, 6) is 0.737. The molecule has 0 unspecified atom stereocenters. The summed E-state index contributed by atoms with van der Waals surface area (Å²) in [5.41, 5.74) is 6.34. The number of benzene rings is 1. The molecule has 0 bridgehead atoms. The van der Waals surface area contributed by atoms with E-state index in [9.17, 15) is 5.11 Å². The van der Waals surface area contributed by atoms with E-state index in [0.717, 1.165) is 43.8 Å². The van der Waals surface area contributed by atoms with Crippen molar-refractivity contribution in [1.29, 1.82) is 0 Å². The quantitative estimate of drug-likeness (QED) is 0.364. The number of hydrogen-bond donors (Lipinski definition) is 2. The summed E-state index contributed by atoms with van der Waals surface area (Å²) in [6.07, 6.45) is 0.964. The van der Waals surface area contributed by atoms with Crippen LogP contribution in [0.2, 0.25) is 0 Å². The Balaban J connectivity index is 1.75. The summed E-state index contributed by atoms with van der Waals surface area (Å²) in [6, 6.07) is 4.77. The van der Waals surface area contributed by atoms with Gasteiger partial charge in [-0.05, 0) is 12.1 Å². The van der Waals surface area contributed by atoms with E-state index in [2.05, 4.69) is 7.05 Å². The maximum Gasteiger partial charge on any atom is 0.145 e. The number of ether oxygens (including phenoxy) is 2. The Morgan fingerprint density at radius 1 is 1.37 bits per heavy atom. The number of aromatic hydroxyl groups is 1. The molecule has 0 spiro atoms. The van der Waals surface area contributed by atoms with Gasteiger partial charge in [-0.25, -0.2) is 0 Å². The van der Waals surface area contributed by atoms with E-state index in [1.807, 2.05) is 0 Å². The predicted molar refractivity (Wildman–Crippen MR) is 74.2 cm³/mol. The molecule has 19 heavy (non-hydrogen) atoms. The maximum absolute atomic E-state index is 9.39. The molecule has 1 aliphatic heterocycles. The molecule has 5 heteroatoms. The van der Waals surface area contributed by atoms with Gasteiger partial charge in [0.25, 0.3) is 0 Å². The van der Waals surface area contributed by atoms with Gasteiger partial charge in [0.1, 0.15) is 24.6 Å². The fourth-order valence-corrected chi connectivity index (χ4v) is 2.28. The Hall–Kier alpha value is -1.46. The zero-order valence-corrected chi connectivity index (χ0v) is 11.5. The molecule has 1 aromatic rings. The standard InChI is InChI=1S/C14H22N2O3/c1-16(6-9-18-10-7-16)5-2-8-19-14-11-12(17)3-4-13(14)15/h3-4,11H,2,5-10,15H2,1H3/p+1. The molecule has 5 nitrogen and oxygen atoms in total. The topological polar surface area (TPSA) is 64.7 Å². The Bertz CT molecular complexity index is 417. The molecule has 1 aromatic carbocycles. The molecule has 0 amide bonds. The Morgan fingerprint density at radius 3 is 2.84 bits per heavy atom. The van der Waals surface area contributed by atoms with E-state index in [0.29, 0.717) is 18.0 Å². The second kappa shape index (κ2) is 6.12. The monoisotopic (exact) mass is 267 g/mol. The number of rotatable bonds is 5. The fourth-order valence-electron chi connectivity index (χ4n) is 2.28. The van der Waals surface area contributed by atoms with Gasteiger partial charge in [0.05, 0.1) is 39.1 Å². The van der Waals surface area contributed by atoms with Crippen LogP contribution >= 0.6 is 0 Å². The molecule has 1 heterocycles. The largest absolute Gasteiger partial charge is 0.508 e.